The van der Waals surface area contributed by atoms with Gasteiger partial charge in [0.05, 0.1) is 5.92 Å². The van der Waals surface area contributed by atoms with Crippen LogP contribution in [0.4, 0.5) is 10.1 Å². The smallest absolute Gasteiger partial charge is 0.230 e. The third kappa shape index (κ3) is 3.23. The van der Waals surface area contributed by atoms with Gasteiger partial charge in [0, 0.05) is 25.7 Å². The summed E-state index contributed by atoms with van der Waals surface area (Å²) in [6.07, 6.45) is 0.0800. The first-order valence-electron chi connectivity index (χ1n) is 7.43. The highest BCUT2D eigenvalue weighted by Crippen LogP contribution is 2.34. The summed E-state index contributed by atoms with van der Waals surface area (Å²) in [5, 5.41) is 2.62. The molecule has 3 rings (SSSR count). The van der Waals surface area contributed by atoms with Crippen molar-refractivity contribution in [2.75, 3.05) is 12.4 Å². The quantitative estimate of drug-likeness (QED) is 0.947. The number of benzene rings is 2. The molecule has 0 bridgehead atoms. The lowest BCUT2D eigenvalue weighted by atomic mass is 9.89. The number of carbonyl (C=O) groups is 2. The minimum atomic E-state index is -0.576. The fourth-order valence-electron chi connectivity index (χ4n) is 2.86. The maximum absolute atomic E-state index is 13.3. The van der Waals surface area contributed by atoms with Crippen molar-refractivity contribution in [1.82, 2.24) is 4.90 Å². The maximum Gasteiger partial charge on any atom is 0.230 e. The first-order chi connectivity index (χ1) is 11.0. The molecule has 1 atom stereocenters. The second-order valence-electron chi connectivity index (χ2n) is 5.72. The SMILES string of the molecule is CN(Cc1ccccc1)C(=O)C1CC(=O)Nc2cc(F)ccc21. The molecule has 1 N–H and O–H groups in total. The van der Waals surface area contributed by atoms with E-state index in [0.717, 1.165) is 5.56 Å². The molecule has 5 heteroatoms. The van der Waals surface area contributed by atoms with Gasteiger partial charge in [-0.2, -0.15) is 0 Å². The van der Waals surface area contributed by atoms with E-state index in [-0.39, 0.29) is 18.2 Å². The molecular formula is C18H17FN2O2. The molecule has 2 amide bonds. The van der Waals surface area contributed by atoms with E-state index in [2.05, 4.69) is 5.32 Å². The van der Waals surface area contributed by atoms with Crippen LogP contribution in [-0.4, -0.2) is 23.8 Å². The van der Waals surface area contributed by atoms with Crippen LogP contribution < -0.4 is 5.32 Å². The molecule has 2 aromatic rings. The summed E-state index contributed by atoms with van der Waals surface area (Å²) in [7, 11) is 1.71. The topological polar surface area (TPSA) is 49.4 Å². The van der Waals surface area contributed by atoms with Gasteiger partial charge < -0.3 is 10.2 Å². The molecule has 0 saturated carbocycles. The zero-order valence-corrected chi connectivity index (χ0v) is 12.8. The average molecular weight is 312 g/mol. The number of carbonyl (C=O) groups excluding carboxylic acids is 2. The second kappa shape index (κ2) is 6.20. The Morgan fingerprint density at radius 1 is 1.26 bits per heavy atom. The number of rotatable bonds is 3. The fraction of sp³-hybridized carbons (Fsp3) is 0.222. The number of hydrogen-bond acceptors (Lipinski definition) is 2. The van der Waals surface area contributed by atoms with Crippen molar-refractivity contribution in [3.05, 3.63) is 65.5 Å². The lowest BCUT2D eigenvalue weighted by molar-refractivity contribution is -0.134. The number of amides is 2. The van der Waals surface area contributed by atoms with E-state index in [4.69, 9.17) is 0 Å². The molecule has 1 unspecified atom stereocenters. The van der Waals surface area contributed by atoms with Crippen molar-refractivity contribution in [1.29, 1.82) is 0 Å². The third-order valence-corrected chi connectivity index (χ3v) is 3.99. The van der Waals surface area contributed by atoms with Crippen molar-refractivity contribution in [3.63, 3.8) is 0 Å². The summed E-state index contributed by atoms with van der Waals surface area (Å²) in [6, 6.07) is 13.8. The van der Waals surface area contributed by atoms with Crippen LogP contribution in [0.5, 0.6) is 0 Å². The molecule has 0 spiro atoms. The van der Waals surface area contributed by atoms with Gasteiger partial charge in [0.1, 0.15) is 5.82 Å². The van der Waals surface area contributed by atoms with Gasteiger partial charge in [-0.05, 0) is 23.3 Å². The molecule has 2 aromatic carbocycles. The molecule has 1 heterocycles. The monoisotopic (exact) mass is 312 g/mol. The minimum absolute atomic E-state index is 0.0800. The van der Waals surface area contributed by atoms with Gasteiger partial charge in [0.2, 0.25) is 11.8 Å². The Balaban J connectivity index is 1.83. The standard InChI is InChI=1S/C18H17FN2O2/c1-21(11-12-5-3-2-4-6-12)18(23)15-10-17(22)20-16-9-13(19)7-8-14(15)16/h2-9,15H,10-11H2,1H3,(H,20,22). The predicted molar refractivity (Wildman–Crippen MR) is 85.3 cm³/mol. The molecule has 0 radical (unpaired) electrons. The van der Waals surface area contributed by atoms with Crippen LogP contribution in [0.25, 0.3) is 0 Å². The van der Waals surface area contributed by atoms with Crippen LogP contribution >= 0.6 is 0 Å². The lowest BCUT2D eigenvalue weighted by Crippen LogP contribution is -2.36. The summed E-state index contributed by atoms with van der Waals surface area (Å²) in [4.78, 5) is 26.2. The summed E-state index contributed by atoms with van der Waals surface area (Å²) < 4.78 is 13.3. The molecule has 118 valence electrons. The Hall–Kier alpha value is -2.69. The molecule has 1 aliphatic rings. The van der Waals surface area contributed by atoms with E-state index >= 15 is 0 Å². The Bertz CT molecular complexity index is 746. The normalized spacial score (nSPS) is 16.4. The number of likely N-dealkylation sites (N-methyl/N-ethyl adjacent to an activating group) is 1. The number of fused-ring (bicyclic) bond motifs is 1. The zero-order chi connectivity index (χ0) is 16.4. The van der Waals surface area contributed by atoms with Crippen LogP contribution in [0.1, 0.15) is 23.5 Å². The summed E-state index contributed by atoms with van der Waals surface area (Å²) in [6.45, 7) is 0.467. The van der Waals surface area contributed by atoms with Crippen LogP contribution in [0.15, 0.2) is 48.5 Å². The highest BCUT2D eigenvalue weighted by molar-refractivity contribution is 6.01. The van der Waals surface area contributed by atoms with Crippen LogP contribution in [-0.2, 0) is 16.1 Å². The largest absolute Gasteiger partial charge is 0.341 e. The third-order valence-electron chi connectivity index (χ3n) is 3.99. The first-order valence-corrected chi connectivity index (χ1v) is 7.43. The molecule has 0 aromatic heterocycles. The first kappa shape index (κ1) is 15.2. The van der Waals surface area contributed by atoms with E-state index in [9.17, 15) is 14.0 Å². The fourth-order valence-corrected chi connectivity index (χ4v) is 2.86. The summed E-state index contributed by atoms with van der Waals surface area (Å²) in [5.41, 5.74) is 2.06. The number of halogens is 1. The summed E-state index contributed by atoms with van der Waals surface area (Å²) >= 11 is 0. The highest BCUT2D eigenvalue weighted by Gasteiger charge is 2.32. The van der Waals surface area contributed by atoms with Crippen LogP contribution in [0.2, 0.25) is 0 Å². The molecule has 4 nitrogen and oxygen atoms in total. The van der Waals surface area contributed by atoms with Crippen molar-refractivity contribution < 1.29 is 14.0 Å². The van der Waals surface area contributed by atoms with E-state index in [1.807, 2.05) is 30.3 Å². The van der Waals surface area contributed by atoms with Crippen LogP contribution in [0, 0.1) is 5.82 Å². The van der Waals surface area contributed by atoms with Crippen molar-refractivity contribution in [3.8, 4) is 0 Å². The van der Waals surface area contributed by atoms with Crippen LogP contribution in [0.3, 0.4) is 0 Å². The molecule has 0 aliphatic carbocycles. The van der Waals surface area contributed by atoms with Gasteiger partial charge in [-0.3, -0.25) is 9.59 Å². The Morgan fingerprint density at radius 3 is 2.74 bits per heavy atom. The highest BCUT2D eigenvalue weighted by atomic mass is 19.1. The molecular weight excluding hydrogens is 295 g/mol. The van der Waals surface area contributed by atoms with Gasteiger partial charge in [-0.15, -0.1) is 0 Å². The minimum Gasteiger partial charge on any atom is -0.341 e. The number of hydrogen-bond donors (Lipinski definition) is 1. The predicted octanol–water partition coefficient (Wildman–Crippen LogP) is 2.91. The van der Waals surface area contributed by atoms with Crippen molar-refractivity contribution in [2.24, 2.45) is 0 Å². The molecule has 1 aliphatic heterocycles. The van der Waals surface area contributed by atoms with Gasteiger partial charge in [-0.25, -0.2) is 4.39 Å². The second-order valence-corrected chi connectivity index (χ2v) is 5.72. The van der Waals surface area contributed by atoms with E-state index < -0.39 is 11.7 Å². The molecule has 0 fully saturated rings. The average Bonchev–Trinajstić information content (AvgIpc) is 2.53. The Kier molecular flexibility index (Phi) is 4.10. The van der Waals surface area contributed by atoms with Gasteiger partial charge >= 0.3 is 0 Å². The van der Waals surface area contributed by atoms with Crippen molar-refractivity contribution in [2.45, 2.75) is 18.9 Å². The molecule has 23 heavy (non-hydrogen) atoms. The van der Waals surface area contributed by atoms with Gasteiger partial charge in [-0.1, -0.05) is 36.4 Å². The van der Waals surface area contributed by atoms with Gasteiger partial charge in [0.25, 0.3) is 0 Å². The summed E-state index contributed by atoms with van der Waals surface area (Å²) in [5.74, 6) is -1.42. The maximum atomic E-state index is 13.3. The molecule has 0 saturated heterocycles. The Labute approximate surface area is 133 Å². The zero-order valence-electron chi connectivity index (χ0n) is 12.8. The number of nitrogens with one attached hydrogen (secondary N) is 1. The van der Waals surface area contributed by atoms with Gasteiger partial charge in [0.15, 0.2) is 0 Å². The van der Waals surface area contributed by atoms with Crippen molar-refractivity contribution >= 4 is 17.5 Å². The van der Waals surface area contributed by atoms with E-state index in [1.165, 1.54) is 12.1 Å². The number of nitrogens with zero attached hydrogens (tertiary/aromatic N) is 1. The van der Waals surface area contributed by atoms with E-state index in [0.29, 0.717) is 17.8 Å². The van der Waals surface area contributed by atoms with E-state index in [1.54, 1.807) is 18.0 Å². The lowest BCUT2D eigenvalue weighted by Gasteiger charge is -2.28. The Morgan fingerprint density at radius 2 is 2.00 bits per heavy atom. The number of anilines is 1.